The van der Waals surface area contributed by atoms with E-state index in [1.807, 2.05) is 0 Å². The maximum Gasteiger partial charge on any atom is 0.315 e. The number of ether oxygens (including phenoxy) is 1. The fourth-order valence-electron chi connectivity index (χ4n) is 1.64. The van der Waals surface area contributed by atoms with Gasteiger partial charge >= 0.3 is 5.97 Å². The molecular weight excluding hydrogens is 252 g/mol. The predicted molar refractivity (Wildman–Crippen MR) is 68.8 cm³/mol. The molecule has 0 aromatic rings. The Balaban J connectivity index is 2.25. The summed E-state index contributed by atoms with van der Waals surface area (Å²) >= 11 is 1.20. The number of nitriles is 1. The molecule has 0 heterocycles. The molecule has 18 heavy (non-hydrogen) atoms. The molecular formula is C12H18N2O3S. The summed E-state index contributed by atoms with van der Waals surface area (Å²) in [5.74, 6) is 0.0684. The second-order valence-corrected chi connectivity index (χ2v) is 5.42. The van der Waals surface area contributed by atoms with Gasteiger partial charge in [-0.05, 0) is 32.6 Å². The van der Waals surface area contributed by atoms with Crippen molar-refractivity contribution < 1.29 is 14.3 Å². The summed E-state index contributed by atoms with van der Waals surface area (Å²) in [6, 6.07) is 2.16. The first-order valence-corrected chi connectivity index (χ1v) is 7.13. The number of nitrogens with one attached hydrogen (secondary N) is 1. The number of carbonyl (C=O) groups is 2. The smallest absolute Gasteiger partial charge is 0.315 e. The summed E-state index contributed by atoms with van der Waals surface area (Å²) in [5.41, 5.74) is -0.762. The Hall–Kier alpha value is -1.22. The molecule has 0 aliphatic heterocycles. The van der Waals surface area contributed by atoms with E-state index >= 15 is 0 Å². The van der Waals surface area contributed by atoms with Crippen LogP contribution in [0.1, 0.15) is 26.7 Å². The van der Waals surface area contributed by atoms with E-state index in [9.17, 15) is 9.59 Å². The minimum Gasteiger partial charge on any atom is -0.465 e. The number of rotatable bonds is 7. The monoisotopic (exact) mass is 270 g/mol. The van der Waals surface area contributed by atoms with E-state index in [-0.39, 0.29) is 29.3 Å². The molecule has 0 aromatic heterocycles. The Labute approximate surface area is 111 Å². The van der Waals surface area contributed by atoms with Crippen LogP contribution in [0.3, 0.4) is 0 Å². The summed E-state index contributed by atoms with van der Waals surface area (Å²) in [7, 11) is 0. The van der Waals surface area contributed by atoms with Gasteiger partial charge in [0.15, 0.2) is 0 Å². The van der Waals surface area contributed by atoms with Crippen LogP contribution in [0.25, 0.3) is 0 Å². The van der Waals surface area contributed by atoms with Gasteiger partial charge in [0.2, 0.25) is 5.91 Å². The highest BCUT2D eigenvalue weighted by molar-refractivity contribution is 8.00. The van der Waals surface area contributed by atoms with Gasteiger partial charge in [0.1, 0.15) is 5.54 Å². The minimum absolute atomic E-state index is 0.161. The summed E-state index contributed by atoms with van der Waals surface area (Å²) < 4.78 is 4.75. The summed E-state index contributed by atoms with van der Waals surface area (Å²) in [6.07, 6.45) is 1.97. The Morgan fingerprint density at radius 2 is 2.17 bits per heavy atom. The molecule has 100 valence electrons. The van der Waals surface area contributed by atoms with Crippen molar-refractivity contribution in [2.24, 2.45) is 5.92 Å². The van der Waals surface area contributed by atoms with Crippen LogP contribution in [0.15, 0.2) is 0 Å². The number of nitrogens with zero attached hydrogens (tertiary/aromatic N) is 1. The summed E-state index contributed by atoms with van der Waals surface area (Å²) in [4.78, 5) is 22.7. The molecule has 1 fully saturated rings. The quantitative estimate of drug-likeness (QED) is 0.701. The van der Waals surface area contributed by atoms with Crippen LogP contribution in [0.4, 0.5) is 0 Å². The Bertz CT molecular complexity index is 363. The molecule has 1 N–H and O–H groups in total. The van der Waals surface area contributed by atoms with Gasteiger partial charge in [-0.2, -0.15) is 5.26 Å². The molecule has 0 aromatic carbocycles. The van der Waals surface area contributed by atoms with E-state index in [0.717, 1.165) is 12.8 Å². The SMILES string of the molecule is CCOC(=O)CSCC(=O)NC(C)(C#N)C1CC1. The second-order valence-electron chi connectivity index (χ2n) is 4.43. The van der Waals surface area contributed by atoms with Crippen LogP contribution in [0, 0.1) is 17.2 Å². The third kappa shape index (κ3) is 4.57. The largest absolute Gasteiger partial charge is 0.465 e. The second kappa shape index (κ2) is 6.64. The molecule has 0 radical (unpaired) electrons. The van der Waals surface area contributed by atoms with E-state index in [4.69, 9.17) is 10.00 Å². The van der Waals surface area contributed by atoms with Gasteiger partial charge in [0.05, 0.1) is 24.2 Å². The molecule has 0 saturated heterocycles. The predicted octanol–water partition coefficient (Wildman–Crippen LogP) is 1.09. The van der Waals surface area contributed by atoms with Crippen LogP contribution in [-0.2, 0) is 14.3 Å². The fourth-order valence-corrected chi connectivity index (χ4v) is 2.25. The number of hydrogen-bond donors (Lipinski definition) is 1. The number of thioether (sulfide) groups is 1. The number of amides is 1. The first-order valence-electron chi connectivity index (χ1n) is 5.97. The highest BCUT2D eigenvalue weighted by atomic mass is 32.2. The third-order valence-corrected chi connectivity index (χ3v) is 3.69. The molecule has 1 saturated carbocycles. The van der Waals surface area contributed by atoms with Crippen LogP contribution < -0.4 is 5.32 Å². The molecule has 1 amide bonds. The average Bonchev–Trinajstić information content (AvgIpc) is 3.13. The zero-order valence-electron chi connectivity index (χ0n) is 10.7. The van der Waals surface area contributed by atoms with Crippen molar-refractivity contribution in [2.75, 3.05) is 18.1 Å². The van der Waals surface area contributed by atoms with Crippen LogP contribution in [-0.4, -0.2) is 35.5 Å². The fraction of sp³-hybridized carbons (Fsp3) is 0.750. The topological polar surface area (TPSA) is 79.2 Å². The molecule has 1 aliphatic carbocycles. The molecule has 1 rings (SSSR count). The van der Waals surface area contributed by atoms with Crippen molar-refractivity contribution in [3.05, 3.63) is 0 Å². The molecule has 1 atom stereocenters. The highest BCUT2D eigenvalue weighted by Gasteiger charge is 2.42. The van der Waals surface area contributed by atoms with Crippen molar-refractivity contribution in [2.45, 2.75) is 32.2 Å². The van der Waals surface area contributed by atoms with Gasteiger partial charge in [-0.3, -0.25) is 9.59 Å². The zero-order chi connectivity index (χ0) is 13.6. The minimum atomic E-state index is -0.762. The average molecular weight is 270 g/mol. The van der Waals surface area contributed by atoms with Gasteiger partial charge in [-0.1, -0.05) is 0 Å². The number of esters is 1. The zero-order valence-corrected chi connectivity index (χ0v) is 11.5. The Kier molecular flexibility index (Phi) is 5.48. The standard InChI is InChI=1S/C12H18N2O3S/c1-3-17-11(16)7-18-6-10(15)14-12(2,8-13)9-4-5-9/h9H,3-7H2,1-2H3,(H,14,15). The lowest BCUT2D eigenvalue weighted by atomic mass is 9.98. The van der Waals surface area contributed by atoms with Crippen molar-refractivity contribution in [3.63, 3.8) is 0 Å². The lowest BCUT2D eigenvalue weighted by molar-refractivity contribution is -0.139. The highest BCUT2D eigenvalue weighted by Crippen LogP contribution is 2.39. The first-order chi connectivity index (χ1) is 8.51. The molecule has 0 spiro atoms. The van der Waals surface area contributed by atoms with Crippen molar-refractivity contribution in [1.29, 1.82) is 5.26 Å². The van der Waals surface area contributed by atoms with E-state index < -0.39 is 5.54 Å². The Morgan fingerprint density at radius 1 is 1.50 bits per heavy atom. The molecule has 6 heteroatoms. The Morgan fingerprint density at radius 3 is 2.67 bits per heavy atom. The molecule has 1 unspecified atom stereocenters. The molecule has 1 aliphatic rings. The lowest BCUT2D eigenvalue weighted by Gasteiger charge is -2.22. The summed E-state index contributed by atoms with van der Waals surface area (Å²) in [6.45, 7) is 3.83. The van der Waals surface area contributed by atoms with Crippen LogP contribution in [0.5, 0.6) is 0 Å². The first kappa shape index (κ1) is 14.8. The van der Waals surface area contributed by atoms with Gasteiger partial charge in [0.25, 0.3) is 0 Å². The van der Waals surface area contributed by atoms with Gasteiger partial charge in [-0.15, -0.1) is 11.8 Å². The van der Waals surface area contributed by atoms with Gasteiger partial charge in [0, 0.05) is 0 Å². The van der Waals surface area contributed by atoms with Crippen LogP contribution in [0.2, 0.25) is 0 Å². The lowest BCUT2D eigenvalue weighted by Crippen LogP contribution is -2.47. The van der Waals surface area contributed by atoms with E-state index in [0.29, 0.717) is 6.61 Å². The van der Waals surface area contributed by atoms with Crippen molar-refractivity contribution in [3.8, 4) is 6.07 Å². The number of carbonyl (C=O) groups excluding carboxylic acids is 2. The van der Waals surface area contributed by atoms with E-state index in [1.54, 1.807) is 13.8 Å². The maximum absolute atomic E-state index is 11.7. The van der Waals surface area contributed by atoms with Crippen LogP contribution >= 0.6 is 11.8 Å². The molecule has 0 bridgehead atoms. The summed E-state index contributed by atoms with van der Waals surface area (Å²) in [5, 5.41) is 11.8. The van der Waals surface area contributed by atoms with Gasteiger partial charge < -0.3 is 10.1 Å². The molecule has 5 nitrogen and oxygen atoms in total. The normalized spacial score (nSPS) is 17.4. The van der Waals surface area contributed by atoms with E-state index in [2.05, 4.69) is 11.4 Å². The van der Waals surface area contributed by atoms with Crippen molar-refractivity contribution in [1.82, 2.24) is 5.32 Å². The van der Waals surface area contributed by atoms with Crippen molar-refractivity contribution >= 4 is 23.6 Å². The third-order valence-electron chi connectivity index (χ3n) is 2.78. The van der Waals surface area contributed by atoms with Gasteiger partial charge in [-0.25, -0.2) is 0 Å². The maximum atomic E-state index is 11.7. The van der Waals surface area contributed by atoms with E-state index in [1.165, 1.54) is 11.8 Å². The number of hydrogen-bond acceptors (Lipinski definition) is 5.